The van der Waals surface area contributed by atoms with Crippen LogP contribution in [0, 0.1) is 0 Å². The van der Waals surface area contributed by atoms with Crippen molar-refractivity contribution in [1.82, 2.24) is 0 Å². The van der Waals surface area contributed by atoms with Crippen molar-refractivity contribution >= 4 is 93.3 Å². The maximum Gasteiger partial charge on any atom is 0.135 e. The summed E-state index contributed by atoms with van der Waals surface area (Å²) in [6.45, 7) is 4.77. The van der Waals surface area contributed by atoms with Crippen LogP contribution in [0.1, 0.15) is 25.0 Å². The molecule has 1 aliphatic rings. The molecule has 0 bridgehead atoms. The Balaban J connectivity index is 1.04. The molecule has 13 rings (SSSR count). The average molecular weight is 768 g/mol. The van der Waals surface area contributed by atoms with Crippen molar-refractivity contribution in [2.24, 2.45) is 0 Å². The van der Waals surface area contributed by atoms with E-state index in [-0.39, 0.29) is 5.41 Å². The molecule has 0 fully saturated rings. The Morgan fingerprint density at radius 1 is 0.317 bits per heavy atom. The summed E-state index contributed by atoms with van der Waals surface area (Å²) in [5, 5.41) is 12.2. The van der Waals surface area contributed by atoms with Gasteiger partial charge < -0.3 is 13.7 Å². The van der Waals surface area contributed by atoms with Gasteiger partial charge in [0, 0.05) is 32.6 Å². The predicted octanol–water partition coefficient (Wildman–Crippen LogP) is 16.4. The molecule has 0 spiro atoms. The lowest BCUT2D eigenvalue weighted by Crippen LogP contribution is -2.30. The van der Waals surface area contributed by atoms with Crippen LogP contribution in [-0.4, -0.2) is 0 Å². The van der Waals surface area contributed by atoms with Gasteiger partial charge >= 0.3 is 0 Å². The summed E-state index contributed by atoms with van der Waals surface area (Å²) in [6.07, 6.45) is 0. The second-order valence-electron chi connectivity index (χ2n) is 16.9. The number of para-hydroxylation sites is 2. The minimum atomic E-state index is -0.328. The Hall–Kier alpha value is -7.62. The molecule has 0 amide bonds. The lowest BCUT2D eigenvalue weighted by Gasteiger charge is -2.42. The van der Waals surface area contributed by atoms with Crippen molar-refractivity contribution < 1.29 is 8.83 Å². The van der Waals surface area contributed by atoms with E-state index in [9.17, 15) is 0 Å². The fourth-order valence-corrected chi connectivity index (χ4v) is 10.2. The standard InChI is InChI=1S/C57H37NO2/c1-57(2)49-31-36(34-21-27-55-47(29-34)44-15-7-9-17-53(44)59-55)19-25-51(49)58(38-23-24-43-41-13-4-3-11-39(41)40-12-5-6-14-42(40)46(43)33-38)52-26-20-37(32-50(52)57)35-22-28-56-48(30-35)45-16-8-10-18-54(45)60-56/h3-33H,1-2H3. The first kappa shape index (κ1) is 33.4. The second kappa shape index (κ2) is 12.2. The van der Waals surface area contributed by atoms with Crippen LogP contribution >= 0.6 is 0 Å². The molecule has 60 heavy (non-hydrogen) atoms. The van der Waals surface area contributed by atoms with Crippen LogP contribution in [0.15, 0.2) is 197 Å². The van der Waals surface area contributed by atoms with Crippen molar-refractivity contribution in [2.75, 3.05) is 4.90 Å². The molecule has 0 saturated carbocycles. The largest absolute Gasteiger partial charge is 0.456 e. The Labute approximate surface area is 346 Å². The zero-order valence-electron chi connectivity index (χ0n) is 33.2. The molecule has 3 heteroatoms. The first-order valence-electron chi connectivity index (χ1n) is 20.7. The lowest BCUT2D eigenvalue weighted by atomic mass is 9.72. The van der Waals surface area contributed by atoms with Gasteiger partial charge in [0.2, 0.25) is 0 Å². The van der Waals surface area contributed by atoms with Crippen molar-refractivity contribution in [3.05, 3.63) is 199 Å². The van der Waals surface area contributed by atoms with E-state index in [4.69, 9.17) is 8.83 Å². The highest BCUT2D eigenvalue weighted by Gasteiger charge is 2.38. The number of furan rings is 2. The molecule has 0 N–H and O–H groups in total. The van der Waals surface area contributed by atoms with E-state index in [1.54, 1.807) is 0 Å². The maximum atomic E-state index is 6.23. The maximum absolute atomic E-state index is 6.23. The van der Waals surface area contributed by atoms with Gasteiger partial charge in [0.25, 0.3) is 0 Å². The molecule has 0 radical (unpaired) electrons. The van der Waals surface area contributed by atoms with Crippen molar-refractivity contribution in [2.45, 2.75) is 19.3 Å². The Morgan fingerprint density at radius 2 is 0.700 bits per heavy atom. The van der Waals surface area contributed by atoms with Gasteiger partial charge in [0.05, 0.1) is 11.4 Å². The summed E-state index contributed by atoms with van der Waals surface area (Å²) in [6, 6.07) is 68.6. The monoisotopic (exact) mass is 767 g/mol. The summed E-state index contributed by atoms with van der Waals surface area (Å²) < 4.78 is 12.5. The molecular formula is C57H37NO2. The zero-order chi connectivity index (χ0) is 39.7. The number of rotatable bonds is 3. The topological polar surface area (TPSA) is 29.5 Å². The Bertz CT molecular complexity index is 3570. The van der Waals surface area contributed by atoms with E-state index < -0.39 is 0 Å². The highest BCUT2D eigenvalue weighted by molar-refractivity contribution is 6.26. The highest BCUT2D eigenvalue weighted by Crippen LogP contribution is 2.54. The molecule has 1 aliphatic heterocycles. The highest BCUT2D eigenvalue weighted by atomic mass is 16.3. The van der Waals surface area contributed by atoms with Gasteiger partial charge in [0.15, 0.2) is 0 Å². The van der Waals surface area contributed by atoms with Crippen LogP contribution in [0.4, 0.5) is 17.1 Å². The van der Waals surface area contributed by atoms with Gasteiger partial charge in [-0.3, -0.25) is 0 Å². The molecule has 12 aromatic rings. The molecule has 282 valence electrons. The minimum absolute atomic E-state index is 0.328. The molecule has 0 saturated heterocycles. The van der Waals surface area contributed by atoms with E-state index in [2.05, 4.69) is 183 Å². The molecule has 2 aromatic heterocycles. The molecule has 0 atom stereocenters. The smallest absolute Gasteiger partial charge is 0.135 e. The molecule has 3 nitrogen and oxygen atoms in total. The first-order valence-corrected chi connectivity index (χ1v) is 20.7. The van der Waals surface area contributed by atoms with Crippen molar-refractivity contribution in [3.63, 3.8) is 0 Å². The third-order valence-electron chi connectivity index (χ3n) is 13.2. The summed E-state index contributed by atoms with van der Waals surface area (Å²) in [5.41, 5.74) is 14.1. The number of benzene rings is 10. The SMILES string of the molecule is CC1(C)c2cc(-c3ccc4oc5ccccc5c4c3)ccc2N(c2ccc3c4ccccc4c4ccccc4c3c2)c2ccc(-c3ccc4oc5ccccc5c4c3)cc21. The van der Waals surface area contributed by atoms with Crippen LogP contribution in [0.25, 0.3) is 98.4 Å². The zero-order valence-corrected chi connectivity index (χ0v) is 33.2. The second-order valence-corrected chi connectivity index (χ2v) is 16.9. The van der Waals surface area contributed by atoms with Gasteiger partial charge in [-0.05, 0) is 138 Å². The number of fused-ring (bicyclic) bond motifs is 14. The number of nitrogens with zero attached hydrogens (tertiary/aromatic N) is 1. The summed E-state index contributed by atoms with van der Waals surface area (Å²) in [5.74, 6) is 0. The van der Waals surface area contributed by atoms with Gasteiger partial charge in [-0.15, -0.1) is 0 Å². The van der Waals surface area contributed by atoms with Gasteiger partial charge in [-0.1, -0.05) is 129 Å². The van der Waals surface area contributed by atoms with Crippen molar-refractivity contribution in [3.8, 4) is 22.3 Å². The van der Waals surface area contributed by atoms with E-state index in [1.165, 1.54) is 77.1 Å². The van der Waals surface area contributed by atoms with Gasteiger partial charge in [-0.25, -0.2) is 0 Å². The number of anilines is 3. The molecule has 3 heterocycles. The fourth-order valence-electron chi connectivity index (χ4n) is 10.2. The van der Waals surface area contributed by atoms with E-state index in [1.807, 2.05) is 24.3 Å². The van der Waals surface area contributed by atoms with E-state index >= 15 is 0 Å². The summed E-state index contributed by atoms with van der Waals surface area (Å²) >= 11 is 0. The van der Waals surface area contributed by atoms with Crippen LogP contribution in [0.2, 0.25) is 0 Å². The molecular weight excluding hydrogens is 731 g/mol. The summed E-state index contributed by atoms with van der Waals surface area (Å²) in [4.78, 5) is 2.49. The Morgan fingerprint density at radius 3 is 1.20 bits per heavy atom. The van der Waals surface area contributed by atoms with Crippen molar-refractivity contribution in [1.29, 1.82) is 0 Å². The van der Waals surface area contributed by atoms with E-state index in [0.29, 0.717) is 0 Å². The van der Waals surface area contributed by atoms with Gasteiger partial charge in [0.1, 0.15) is 22.3 Å². The van der Waals surface area contributed by atoms with E-state index in [0.717, 1.165) is 49.6 Å². The number of hydrogen-bond acceptors (Lipinski definition) is 3. The molecule has 10 aromatic carbocycles. The molecule has 0 unspecified atom stereocenters. The molecule has 0 aliphatic carbocycles. The third kappa shape index (κ3) is 4.72. The average Bonchev–Trinajstić information content (AvgIpc) is 3.87. The Kier molecular flexibility index (Phi) is 6.78. The predicted molar refractivity (Wildman–Crippen MR) is 251 cm³/mol. The van der Waals surface area contributed by atoms with Crippen LogP contribution < -0.4 is 4.90 Å². The third-order valence-corrected chi connectivity index (χ3v) is 13.2. The normalized spacial score (nSPS) is 13.6. The van der Waals surface area contributed by atoms with Crippen LogP contribution in [-0.2, 0) is 5.41 Å². The minimum Gasteiger partial charge on any atom is -0.456 e. The lowest BCUT2D eigenvalue weighted by molar-refractivity contribution is 0.632. The first-order chi connectivity index (χ1) is 29.5. The van der Waals surface area contributed by atoms with Gasteiger partial charge in [-0.2, -0.15) is 0 Å². The quantitative estimate of drug-likeness (QED) is 0.168. The fraction of sp³-hybridized carbons (Fsp3) is 0.0526. The summed E-state index contributed by atoms with van der Waals surface area (Å²) in [7, 11) is 0. The van der Waals surface area contributed by atoms with Crippen LogP contribution in [0.3, 0.4) is 0 Å². The van der Waals surface area contributed by atoms with Crippen LogP contribution in [0.5, 0.6) is 0 Å². The number of hydrogen-bond donors (Lipinski definition) is 0.